The van der Waals surface area contributed by atoms with E-state index in [0.29, 0.717) is 13.2 Å². The second kappa shape index (κ2) is 5.20. The van der Waals surface area contributed by atoms with E-state index in [-0.39, 0.29) is 24.6 Å². The van der Waals surface area contributed by atoms with Crippen molar-refractivity contribution in [2.75, 3.05) is 13.2 Å². The maximum Gasteiger partial charge on any atom is 0.244 e. The van der Waals surface area contributed by atoms with E-state index in [2.05, 4.69) is 10.3 Å². The van der Waals surface area contributed by atoms with Crippen LogP contribution in [0, 0.1) is 0 Å². The Hall–Kier alpha value is -1.95. The van der Waals surface area contributed by atoms with Crippen LogP contribution >= 0.6 is 0 Å². The monoisotopic (exact) mass is 274 g/mol. The van der Waals surface area contributed by atoms with Crippen LogP contribution in [0.3, 0.4) is 0 Å². The van der Waals surface area contributed by atoms with Gasteiger partial charge in [0.2, 0.25) is 5.91 Å². The molecule has 0 bridgehead atoms. The smallest absolute Gasteiger partial charge is 0.244 e. The lowest BCUT2D eigenvalue weighted by Crippen LogP contribution is -2.51. The molecule has 20 heavy (non-hydrogen) atoms. The number of carbonyl (C=O) groups is 1. The standard InChI is InChI=1S/C14H18N4O2/c1-10-9-20-11(2)7-17(10)14(19)8-18-13-6-4-3-5-12(13)15-16-18/h3-6,10-11H,7-9H2,1-2H3/t10-,11-/m1/s1. The zero-order valence-corrected chi connectivity index (χ0v) is 11.7. The molecule has 1 aliphatic heterocycles. The van der Waals surface area contributed by atoms with E-state index >= 15 is 0 Å². The molecule has 1 saturated heterocycles. The quantitative estimate of drug-likeness (QED) is 0.822. The lowest BCUT2D eigenvalue weighted by atomic mass is 10.2. The molecule has 0 radical (unpaired) electrons. The van der Waals surface area contributed by atoms with E-state index in [0.717, 1.165) is 11.0 Å². The van der Waals surface area contributed by atoms with Crippen LogP contribution in [0.25, 0.3) is 11.0 Å². The van der Waals surface area contributed by atoms with Gasteiger partial charge in [0.25, 0.3) is 0 Å². The molecule has 3 rings (SSSR count). The second-order valence-electron chi connectivity index (χ2n) is 5.27. The highest BCUT2D eigenvalue weighted by Crippen LogP contribution is 2.14. The van der Waals surface area contributed by atoms with E-state index in [1.54, 1.807) is 4.68 Å². The van der Waals surface area contributed by atoms with Crippen molar-refractivity contribution in [2.24, 2.45) is 0 Å². The van der Waals surface area contributed by atoms with Gasteiger partial charge in [-0.2, -0.15) is 0 Å². The zero-order chi connectivity index (χ0) is 14.1. The summed E-state index contributed by atoms with van der Waals surface area (Å²) in [6.45, 7) is 5.43. The van der Waals surface area contributed by atoms with Crippen molar-refractivity contribution < 1.29 is 9.53 Å². The number of benzene rings is 1. The number of hydrogen-bond donors (Lipinski definition) is 0. The van der Waals surface area contributed by atoms with Gasteiger partial charge in [-0.3, -0.25) is 4.79 Å². The number of carbonyl (C=O) groups excluding carboxylic acids is 1. The van der Waals surface area contributed by atoms with E-state index < -0.39 is 0 Å². The molecule has 2 aromatic rings. The molecule has 6 heteroatoms. The SMILES string of the molecule is C[C@@H]1CN(C(=O)Cn2nnc3ccccc32)[C@H](C)CO1. The summed E-state index contributed by atoms with van der Waals surface area (Å²) in [5, 5.41) is 8.13. The molecule has 1 aromatic carbocycles. The average molecular weight is 274 g/mol. The van der Waals surface area contributed by atoms with Crippen LogP contribution in [0.5, 0.6) is 0 Å². The maximum atomic E-state index is 12.4. The van der Waals surface area contributed by atoms with Crippen LogP contribution in [-0.2, 0) is 16.1 Å². The van der Waals surface area contributed by atoms with Gasteiger partial charge < -0.3 is 9.64 Å². The van der Waals surface area contributed by atoms with Crippen LogP contribution in [0.15, 0.2) is 24.3 Å². The van der Waals surface area contributed by atoms with Gasteiger partial charge in [0.15, 0.2) is 0 Å². The van der Waals surface area contributed by atoms with Crippen LogP contribution in [-0.4, -0.2) is 51.1 Å². The summed E-state index contributed by atoms with van der Waals surface area (Å²) in [4.78, 5) is 14.3. The summed E-state index contributed by atoms with van der Waals surface area (Å²) in [7, 11) is 0. The number of rotatable bonds is 2. The fourth-order valence-corrected chi connectivity index (χ4v) is 2.50. The van der Waals surface area contributed by atoms with Crippen molar-refractivity contribution in [2.45, 2.75) is 32.5 Å². The van der Waals surface area contributed by atoms with Crippen molar-refractivity contribution in [3.8, 4) is 0 Å². The lowest BCUT2D eigenvalue weighted by molar-refractivity contribution is -0.144. The molecular formula is C14H18N4O2. The first-order valence-corrected chi connectivity index (χ1v) is 6.84. The summed E-state index contributed by atoms with van der Waals surface area (Å²) in [6.07, 6.45) is 0.0858. The number of nitrogens with zero attached hydrogens (tertiary/aromatic N) is 4. The minimum atomic E-state index is 0.0586. The van der Waals surface area contributed by atoms with Crippen molar-refractivity contribution in [1.29, 1.82) is 0 Å². The molecule has 0 unspecified atom stereocenters. The third-order valence-electron chi connectivity index (χ3n) is 3.63. The van der Waals surface area contributed by atoms with Crippen molar-refractivity contribution >= 4 is 16.9 Å². The molecule has 0 spiro atoms. The summed E-state index contributed by atoms with van der Waals surface area (Å²) >= 11 is 0. The van der Waals surface area contributed by atoms with Gasteiger partial charge in [-0.05, 0) is 26.0 Å². The fraction of sp³-hybridized carbons (Fsp3) is 0.500. The zero-order valence-electron chi connectivity index (χ0n) is 11.7. The number of fused-ring (bicyclic) bond motifs is 1. The highest BCUT2D eigenvalue weighted by molar-refractivity contribution is 5.80. The van der Waals surface area contributed by atoms with Crippen molar-refractivity contribution in [3.05, 3.63) is 24.3 Å². The summed E-state index contributed by atoms with van der Waals surface area (Å²) in [5.41, 5.74) is 1.69. The first-order valence-electron chi connectivity index (χ1n) is 6.84. The first-order chi connectivity index (χ1) is 9.65. The second-order valence-corrected chi connectivity index (χ2v) is 5.27. The van der Waals surface area contributed by atoms with E-state index in [1.165, 1.54) is 0 Å². The molecule has 2 atom stereocenters. The molecule has 6 nitrogen and oxygen atoms in total. The topological polar surface area (TPSA) is 60.2 Å². The Labute approximate surface area is 117 Å². The Kier molecular flexibility index (Phi) is 3.40. The van der Waals surface area contributed by atoms with Gasteiger partial charge >= 0.3 is 0 Å². The normalized spacial score (nSPS) is 23.2. The first kappa shape index (κ1) is 13.1. The number of amides is 1. The number of aromatic nitrogens is 3. The summed E-state index contributed by atoms with van der Waals surface area (Å²) < 4.78 is 7.20. The third-order valence-corrected chi connectivity index (χ3v) is 3.63. The van der Waals surface area contributed by atoms with Gasteiger partial charge in [-0.1, -0.05) is 17.3 Å². The molecule has 2 heterocycles. The van der Waals surface area contributed by atoms with Gasteiger partial charge in [0, 0.05) is 6.54 Å². The van der Waals surface area contributed by atoms with Crippen LogP contribution in [0.1, 0.15) is 13.8 Å². The largest absolute Gasteiger partial charge is 0.375 e. The lowest BCUT2D eigenvalue weighted by Gasteiger charge is -2.36. The highest BCUT2D eigenvalue weighted by Gasteiger charge is 2.27. The van der Waals surface area contributed by atoms with E-state index in [1.807, 2.05) is 43.0 Å². The molecule has 106 valence electrons. The Morgan fingerprint density at radius 3 is 3.05 bits per heavy atom. The predicted octanol–water partition coefficient (Wildman–Crippen LogP) is 1.07. The van der Waals surface area contributed by atoms with E-state index in [4.69, 9.17) is 4.74 Å². The maximum absolute atomic E-state index is 12.4. The Balaban J connectivity index is 1.78. The molecule has 1 aromatic heterocycles. The number of ether oxygens (including phenoxy) is 1. The average Bonchev–Trinajstić information content (AvgIpc) is 2.85. The number of para-hydroxylation sites is 1. The number of morpholine rings is 1. The molecule has 0 aliphatic carbocycles. The summed E-state index contributed by atoms with van der Waals surface area (Å²) in [5.74, 6) is 0.0586. The Morgan fingerprint density at radius 2 is 2.20 bits per heavy atom. The van der Waals surface area contributed by atoms with Crippen LogP contribution < -0.4 is 0 Å². The molecule has 0 saturated carbocycles. The van der Waals surface area contributed by atoms with E-state index in [9.17, 15) is 4.79 Å². The minimum absolute atomic E-state index is 0.0586. The van der Waals surface area contributed by atoms with Gasteiger partial charge in [-0.25, -0.2) is 4.68 Å². The third kappa shape index (κ3) is 2.38. The Morgan fingerprint density at radius 1 is 1.40 bits per heavy atom. The Bertz CT molecular complexity index is 624. The summed E-state index contributed by atoms with van der Waals surface area (Å²) in [6, 6.07) is 7.76. The fourth-order valence-electron chi connectivity index (χ4n) is 2.50. The molecule has 1 aliphatic rings. The van der Waals surface area contributed by atoms with Crippen molar-refractivity contribution in [1.82, 2.24) is 19.9 Å². The number of hydrogen-bond acceptors (Lipinski definition) is 4. The highest BCUT2D eigenvalue weighted by atomic mass is 16.5. The van der Waals surface area contributed by atoms with Gasteiger partial charge in [-0.15, -0.1) is 5.10 Å². The van der Waals surface area contributed by atoms with Gasteiger partial charge in [0.05, 0.1) is 24.3 Å². The molecular weight excluding hydrogens is 256 g/mol. The van der Waals surface area contributed by atoms with Gasteiger partial charge in [0.1, 0.15) is 12.1 Å². The minimum Gasteiger partial charge on any atom is -0.375 e. The van der Waals surface area contributed by atoms with Crippen molar-refractivity contribution in [3.63, 3.8) is 0 Å². The van der Waals surface area contributed by atoms with Crippen LogP contribution in [0.4, 0.5) is 0 Å². The molecule has 1 amide bonds. The van der Waals surface area contributed by atoms with Crippen LogP contribution in [0.2, 0.25) is 0 Å². The predicted molar refractivity (Wildman–Crippen MR) is 74.1 cm³/mol. The molecule has 1 fully saturated rings. The molecule has 0 N–H and O–H groups in total.